The second kappa shape index (κ2) is 5.66. The quantitative estimate of drug-likeness (QED) is 0.797. The Labute approximate surface area is 122 Å². The Hall–Kier alpha value is -2.82. The number of aromatic nitrogens is 3. The van der Waals surface area contributed by atoms with E-state index >= 15 is 0 Å². The fourth-order valence-electron chi connectivity index (χ4n) is 2.13. The van der Waals surface area contributed by atoms with Crippen LogP contribution in [0, 0.1) is 0 Å². The highest BCUT2D eigenvalue weighted by atomic mass is 16.1. The molecule has 0 saturated carbocycles. The molecule has 21 heavy (non-hydrogen) atoms. The Kier molecular flexibility index (Phi) is 3.55. The van der Waals surface area contributed by atoms with Crippen LogP contribution in [-0.2, 0) is 13.6 Å². The molecule has 0 amide bonds. The van der Waals surface area contributed by atoms with E-state index in [4.69, 9.17) is 0 Å². The minimum Gasteiger partial charge on any atom is -0.379 e. The van der Waals surface area contributed by atoms with E-state index in [-0.39, 0.29) is 5.56 Å². The SMILES string of the molecule is Cn1ccc(CNc2ccccc2-n2cccn2)cc1=O. The van der Waals surface area contributed by atoms with Crippen molar-refractivity contribution in [1.29, 1.82) is 0 Å². The van der Waals surface area contributed by atoms with Crippen LogP contribution >= 0.6 is 0 Å². The number of aryl methyl sites for hydroxylation is 1. The van der Waals surface area contributed by atoms with Gasteiger partial charge in [-0.05, 0) is 29.8 Å². The van der Waals surface area contributed by atoms with Gasteiger partial charge in [0, 0.05) is 38.2 Å². The third kappa shape index (κ3) is 2.86. The summed E-state index contributed by atoms with van der Waals surface area (Å²) in [4.78, 5) is 11.6. The molecule has 0 spiro atoms. The van der Waals surface area contributed by atoms with Crippen LogP contribution in [0.1, 0.15) is 5.56 Å². The van der Waals surface area contributed by atoms with Gasteiger partial charge in [0.25, 0.3) is 5.56 Å². The monoisotopic (exact) mass is 280 g/mol. The molecule has 3 aromatic rings. The predicted octanol–water partition coefficient (Wildman–Crippen LogP) is 2.18. The van der Waals surface area contributed by atoms with Gasteiger partial charge in [0.15, 0.2) is 0 Å². The first-order valence-electron chi connectivity index (χ1n) is 6.72. The maximum absolute atomic E-state index is 11.6. The summed E-state index contributed by atoms with van der Waals surface area (Å²) in [6.45, 7) is 0.592. The van der Waals surface area contributed by atoms with E-state index in [2.05, 4.69) is 10.4 Å². The third-order valence-electron chi connectivity index (χ3n) is 3.31. The molecule has 2 aromatic heterocycles. The second-order valence-corrected chi connectivity index (χ2v) is 4.81. The standard InChI is InChI=1S/C16H16N4O/c1-19-10-7-13(11-16(19)21)12-17-14-5-2-3-6-15(14)20-9-4-8-18-20/h2-11,17H,12H2,1H3. The molecule has 0 radical (unpaired) electrons. The van der Waals surface area contributed by atoms with Gasteiger partial charge in [-0.3, -0.25) is 4.79 Å². The first-order chi connectivity index (χ1) is 10.2. The van der Waals surface area contributed by atoms with Gasteiger partial charge < -0.3 is 9.88 Å². The van der Waals surface area contributed by atoms with E-state index in [9.17, 15) is 4.79 Å². The zero-order valence-electron chi connectivity index (χ0n) is 11.7. The van der Waals surface area contributed by atoms with Gasteiger partial charge >= 0.3 is 0 Å². The second-order valence-electron chi connectivity index (χ2n) is 4.81. The van der Waals surface area contributed by atoms with E-state index in [1.165, 1.54) is 0 Å². The van der Waals surface area contributed by atoms with Crippen LogP contribution in [0.5, 0.6) is 0 Å². The minimum absolute atomic E-state index is 0.00494. The number of nitrogens with zero attached hydrogens (tertiary/aromatic N) is 3. The molecule has 1 aromatic carbocycles. The summed E-state index contributed by atoms with van der Waals surface area (Å²) in [6.07, 6.45) is 5.43. The fraction of sp³-hybridized carbons (Fsp3) is 0.125. The van der Waals surface area contributed by atoms with E-state index < -0.39 is 0 Å². The summed E-state index contributed by atoms with van der Waals surface area (Å²) < 4.78 is 3.37. The highest BCUT2D eigenvalue weighted by Gasteiger charge is 2.04. The topological polar surface area (TPSA) is 51.9 Å². The molecule has 3 rings (SSSR count). The van der Waals surface area contributed by atoms with Crippen molar-refractivity contribution in [3.63, 3.8) is 0 Å². The van der Waals surface area contributed by atoms with Crippen molar-refractivity contribution in [3.8, 4) is 5.69 Å². The first-order valence-corrected chi connectivity index (χ1v) is 6.72. The molecule has 0 fully saturated rings. The fourth-order valence-corrected chi connectivity index (χ4v) is 2.13. The van der Waals surface area contributed by atoms with Crippen molar-refractivity contribution in [3.05, 3.63) is 77.0 Å². The molecule has 0 aliphatic rings. The number of anilines is 1. The average Bonchev–Trinajstić information content (AvgIpc) is 3.03. The summed E-state index contributed by atoms with van der Waals surface area (Å²) in [5, 5.41) is 7.61. The van der Waals surface area contributed by atoms with Crippen LogP contribution < -0.4 is 10.9 Å². The Bertz CT molecular complexity index is 790. The maximum atomic E-state index is 11.6. The van der Waals surface area contributed by atoms with Crippen molar-refractivity contribution in [1.82, 2.24) is 14.3 Å². The zero-order valence-corrected chi connectivity index (χ0v) is 11.7. The summed E-state index contributed by atoms with van der Waals surface area (Å²) in [5.41, 5.74) is 2.90. The van der Waals surface area contributed by atoms with Crippen molar-refractivity contribution in [2.75, 3.05) is 5.32 Å². The molecule has 2 heterocycles. The summed E-state index contributed by atoms with van der Waals surface area (Å²) in [7, 11) is 1.74. The number of para-hydroxylation sites is 2. The number of hydrogen-bond acceptors (Lipinski definition) is 3. The van der Waals surface area contributed by atoms with Gasteiger partial charge in [0.05, 0.1) is 11.4 Å². The molecule has 5 heteroatoms. The zero-order chi connectivity index (χ0) is 14.7. The van der Waals surface area contributed by atoms with Crippen molar-refractivity contribution in [2.45, 2.75) is 6.54 Å². The molecule has 106 valence electrons. The Morgan fingerprint density at radius 2 is 2.00 bits per heavy atom. The van der Waals surface area contributed by atoms with Gasteiger partial charge in [-0.25, -0.2) is 4.68 Å². The maximum Gasteiger partial charge on any atom is 0.250 e. The van der Waals surface area contributed by atoms with E-state index in [0.717, 1.165) is 16.9 Å². The molecule has 0 aliphatic carbocycles. The molecule has 0 bridgehead atoms. The molecule has 0 saturated heterocycles. The van der Waals surface area contributed by atoms with Crippen molar-refractivity contribution >= 4 is 5.69 Å². The van der Waals surface area contributed by atoms with Crippen molar-refractivity contribution in [2.24, 2.45) is 7.05 Å². The highest BCUT2D eigenvalue weighted by Crippen LogP contribution is 2.19. The Morgan fingerprint density at radius 1 is 1.14 bits per heavy atom. The molecule has 5 nitrogen and oxygen atoms in total. The van der Waals surface area contributed by atoms with Gasteiger partial charge in [-0.15, -0.1) is 0 Å². The smallest absolute Gasteiger partial charge is 0.250 e. The van der Waals surface area contributed by atoms with Gasteiger partial charge in [0.2, 0.25) is 0 Å². The van der Waals surface area contributed by atoms with E-state index in [0.29, 0.717) is 6.54 Å². The molecule has 0 aliphatic heterocycles. The van der Waals surface area contributed by atoms with Crippen LogP contribution in [0.4, 0.5) is 5.69 Å². The first kappa shape index (κ1) is 13.2. The third-order valence-corrected chi connectivity index (χ3v) is 3.31. The minimum atomic E-state index is -0.00494. The van der Waals surface area contributed by atoms with E-state index in [1.807, 2.05) is 47.3 Å². The largest absolute Gasteiger partial charge is 0.379 e. The lowest BCUT2D eigenvalue weighted by molar-refractivity contribution is 0.850. The van der Waals surface area contributed by atoms with Crippen LogP contribution in [-0.4, -0.2) is 14.3 Å². The number of rotatable bonds is 4. The molecular formula is C16H16N4O. The Balaban J connectivity index is 1.82. The summed E-state index contributed by atoms with van der Waals surface area (Å²) >= 11 is 0. The summed E-state index contributed by atoms with van der Waals surface area (Å²) in [5.74, 6) is 0. The molecule has 0 atom stereocenters. The lowest BCUT2D eigenvalue weighted by Crippen LogP contribution is -2.16. The van der Waals surface area contributed by atoms with Crippen LogP contribution in [0.25, 0.3) is 5.69 Å². The van der Waals surface area contributed by atoms with Crippen molar-refractivity contribution < 1.29 is 0 Å². The predicted molar refractivity (Wildman–Crippen MR) is 82.6 cm³/mol. The van der Waals surface area contributed by atoms with Crippen LogP contribution in [0.2, 0.25) is 0 Å². The molecular weight excluding hydrogens is 264 g/mol. The lowest BCUT2D eigenvalue weighted by Gasteiger charge is -2.12. The van der Waals surface area contributed by atoms with E-state index in [1.54, 1.807) is 30.1 Å². The van der Waals surface area contributed by atoms with Crippen LogP contribution in [0.3, 0.4) is 0 Å². The van der Waals surface area contributed by atoms with Gasteiger partial charge in [0.1, 0.15) is 0 Å². The lowest BCUT2D eigenvalue weighted by atomic mass is 10.2. The molecule has 0 unspecified atom stereocenters. The average molecular weight is 280 g/mol. The normalized spacial score (nSPS) is 10.5. The highest BCUT2D eigenvalue weighted by molar-refractivity contribution is 5.60. The number of benzene rings is 1. The number of hydrogen-bond donors (Lipinski definition) is 1. The van der Waals surface area contributed by atoms with Gasteiger partial charge in [-0.2, -0.15) is 5.10 Å². The van der Waals surface area contributed by atoms with Gasteiger partial charge in [-0.1, -0.05) is 12.1 Å². The number of pyridine rings is 1. The summed E-state index contributed by atoms with van der Waals surface area (Å²) in [6, 6.07) is 13.4. The number of nitrogens with one attached hydrogen (secondary N) is 1. The van der Waals surface area contributed by atoms with Crippen LogP contribution in [0.15, 0.2) is 65.8 Å². The Morgan fingerprint density at radius 3 is 2.76 bits per heavy atom. The molecule has 1 N–H and O–H groups in total.